The number of carbonyl (C=O) groups excluding carboxylic acids is 1. The predicted molar refractivity (Wildman–Crippen MR) is 141 cm³/mol. The number of nitro benzene ring substituents is 1. The van der Waals surface area contributed by atoms with Gasteiger partial charge in [-0.05, 0) is 55.0 Å². The van der Waals surface area contributed by atoms with Gasteiger partial charge in [0.1, 0.15) is 16.2 Å². The van der Waals surface area contributed by atoms with E-state index in [9.17, 15) is 23.3 Å². The number of rotatable bonds is 11. The molecule has 1 amide bonds. The van der Waals surface area contributed by atoms with Gasteiger partial charge in [0.2, 0.25) is 0 Å². The second-order valence-corrected chi connectivity index (χ2v) is 9.39. The molecular weight excluding hydrogens is 528 g/mol. The van der Waals surface area contributed by atoms with Crippen LogP contribution in [0.4, 0.5) is 5.69 Å². The van der Waals surface area contributed by atoms with Crippen molar-refractivity contribution in [2.24, 2.45) is 5.10 Å². The number of amides is 1. The average Bonchev–Trinajstić information content (AvgIpc) is 2.93. The van der Waals surface area contributed by atoms with Gasteiger partial charge in [-0.25, -0.2) is 5.43 Å². The number of hydrogen-bond donors (Lipinski definition) is 1. The van der Waals surface area contributed by atoms with Gasteiger partial charge in [-0.1, -0.05) is 18.2 Å². The van der Waals surface area contributed by atoms with Crippen molar-refractivity contribution in [3.63, 3.8) is 0 Å². The molecule has 13 heteroatoms. The number of hydrazone groups is 1. The Kier molecular flexibility index (Phi) is 8.31. The molecule has 0 atom stereocenters. The number of nitro groups is 1. The molecule has 4 aromatic rings. The number of carbonyl (C=O) groups is 1. The molecule has 0 radical (unpaired) electrons. The summed E-state index contributed by atoms with van der Waals surface area (Å²) < 4.78 is 41.6. The standard InChI is InChI=1S/C26H22N4O8S/c1-2-36-24-15-18(8-13-22(24)38-39(34,35)21-11-9-20(10-12-21)30(32)33)16-28-29-25(31)17-37-23-7-3-5-19-6-4-14-27-26(19)23/h3-16H,2,17H2,1H3,(H,29,31)/b28-16-. The Hall–Kier alpha value is -5.04. The van der Waals surface area contributed by atoms with Gasteiger partial charge >= 0.3 is 10.1 Å². The molecule has 0 aliphatic rings. The van der Waals surface area contributed by atoms with Crippen LogP contribution in [0.3, 0.4) is 0 Å². The molecule has 1 heterocycles. The summed E-state index contributed by atoms with van der Waals surface area (Å²) in [4.78, 5) is 26.4. The average molecular weight is 551 g/mol. The van der Waals surface area contributed by atoms with E-state index < -0.39 is 20.9 Å². The molecule has 0 aliphatic carbocycles. The third kappa shape index (κ3) is 6.84. The number of para-hydroxylation sites is 1. The van der Waals surface area contributed by atoms with Gasteiger partial charge in [0.25, 0.3) is 11.6 Å². The van der Waals surface area contributed by atoms with Crippen LogP contribution in [0.5, 0.6) is 17.2 Å². The molecule has 0 spiro atoms. The highest BCUT2D eigenvalue weighted by atomic mass is 32.2. The Balaban J connectivity index is 1.40. The normalized spacial score (nSPS) is 11.3. The van der Waals surface area contributed by atoms with Gasteiger partial charge in [0.05, 0.1) is 17.7 Å². The predicted octanol–water partition coefficient (Wildman–Crippen LogP) is 3.84. The summed E-state index contributed by atoms with van der Waals surface area (Å²) in [6.45, 7) is 1.64. The van der Waals surface area contributed by atoms with Crippen LogP contribution < -0.4 is 19.1 Å². The minimum atomic E-state index is -4.29. The lowest BCUT2D eigenvalue weighted by Gasteiger charge is -2.12. The van der Waals surface area contributed by atoms with Crippen LogP contribution in [0.25, 0.3) is 10.9 Å². The summed E-state index contributed by atoms with van der Waals surface area (Å²) in [5.74, 6) is -0.00949. The second-order valence-electron chi connectivity index (χ2n) is 7.84. The van der Waals surface area contributed by atoms with E-state index in [4.69, 9.17) is 13.7 Å². The van der Waals surface area contributed by atoms with Crippen LogP contribution in [-0.4, -0.2) is 43.7 Å². The summed E-state index contributed by atoms with van der Waals surface area (Å²) in [7, 11) is -4.29. The topological polar surface area (TPSA) is 159 Å². The number of non-ortho nitro benzene ring substituents is 1. The Morgan fingerprint density at radius 1 is 1.03 bits per heavy atom. The Bertz CT molecular complexity index is 1630. The molecule has 0 aliphatic heterocycles. The number of nitrogens with one attached hydrogen (secondary N) is 1. The summed E-state index contributed by atoms with van der Waals surface area (Å²) in [5, 5.41) is 15.6. The van der Waals surface area contributed by atoms with Gasteiger partial charge in [0, 0.05) is 23.7 Å². The van der Waals surface area contributed by atoms with Crippen LogP contribution in [-0.2, 0) is 14.9 Å². The number of benzene rings is 3. The van der Waals surface area contributed by atoms with E-state index in [1.54, 1.807) is 31.3 Å². The van der Waals surface area contributed by atoms with Gasteiger partial charge in [-0.3, -0.25) is 19.9 Å². The van der Waals surface area contributed by atoms with Crippen molar-refractivity contribution in [3.05, 3.63) is 94.7 Å². The molecule has 0 fully saturated rings. The summed E-state index contributed by atoms with van der Waals surface area (Å²) in [6, 6.07) is 17.8. The summed E-state index contributed by atoms with van der Waals surface area (Å²) >= 11 is 0. The quantitative estimate of drug-likeness (QED) is 0.127. The van der Waals surface area contributed by atoms with E-state index in [-0.39, 0.29) is 35.3 Å². The zero-order valence-electron chi connectivity index (χ0n) is 20.5. The van der Waals surface area contributed by atoms with Crippen molar-refractivity contribution >= 4 is 38.8 Å². The number of aromatic nitrogens is 1. The molecule has 4 rings (SSSR count). The summed E-state index contributed by atoms with van der Waals surface area (Å²) in [6.07, 6.45) is 2.98. The van der Waals surface area contributed by atoms with E-state index in [1.165, 1.54) is 24.4 Å². The lowest BCUT2D eigenvalue weighted by Crippen LogP contribution is -2.24. The third-order valence-corrected chi connectivity index (χ3v) is 6.41. The molecule has 3 aromatic carbocycles. The van der Waals surface area contributed by atoms with Crippen LogP contribution >= 0.6 is 0 Å². The van der Waals surface area contributed by atoms with Gasteiger partial charge in [0.15, 0.2) is 18.1 Å². The Labute approximate surface area is 223 Å². The van der Waals surface area contributed by atoms with Gasteiger partial charge in [-0.15, -0.1) is 0 Å². The van der Waals surface area contributed by atoms with Gasteiger partial charge < -0.3 is 13.7 Å². The minimum absolute atomic E-state index is 0.0894. The fraction of sp³-hybridized carbons (Fsp3) is 0.115. The number of nitrogens with zero attached hydrogens (tertiary/aromatic N) is 3. The van der Waals surface area contributed by atoms with E-state index >= 15 is 0 Å². The number of fused-ring (bicyclic) bond motifs is 1. The van der Waals surface area contributed by atoms with Crippen LogP contribution in [0.2, 0.25) is 0 Å². The van der Waals surface area contributed by atoms with Crippen molar-refractivity contribution in [2.75, 3.05) is 13.2 Å². The van der Waals surface area contributed by atoms with E-state index in [2.05, 4.69) is 15.5 Å². The fourth-order valence-electron chi connectivity index (χ4n) is 3.39. The van der Waals surface area contributed by atoms with Crippen molar-refractivity contribution in [2.45, 2.75) is 11.8 Å². The Morgan fingerprint density at radius 2 is 1.79 bits per heavy atom. The highest BCUT2D eigenvalue weighted by Crippen LogP contribution is 2.31. The molecule has 39 heavy (non-hydrogen) atoms. The highest BCUT2D eigenvalue weighted by Gasteiger charge is 2.20. The lowest BCUT2D eigenvalue weighted by molar-refractivity contribution is -0.384. The van der Waals surface area contributed by atoms with Crippen LogP contribution in [0.1, 0.15) is 12.5 Å². The zero-order chi connectivity index (χ0) is 27.8. The molecule has 1 aromatic heterocycles. The first-order valence-corrected chi connectivity index (χ1v) is 12.9. The van der Waals surface area contributed by atoms with Gasteiger partial charge in [-0.2, -0.15) is 13.5 Å². The molecule has 12 nitrogen and oxygen atoms in total. The molecule has 0 bridgehead atoms. The Morgan fingerprint density at radius 3 is 2.54 bits per heavy atom. The summed E-state index contributed by atoms with van der Waals surface area (Å²) in [5.41, 5.74) is 3.22. The molecule has 1 N–H and O–H groups in total. The van der Waals surface area contributed by atoms with E-state index in [0.29, 0.717) is 16.8 Å². The maximum atomic E-state index is 12.7. The van der Waals surface area contributed by atoms with Crippen molar-refractivity contribution in [3.8, 4) is 17.2 Å². The fourth-order valence-corrected chi connectivity index (χ4v) is 4.33. The van der Waals surface area contributed by atoms with Crippen molar-refractivity contribution in [1.29, 1.82) is 0 Å². The third-order valence-electron chi connectivity index (χ3n) is 5.16. The number of pyridine rings is 1. The SMILES string of the molecule is CCOc1cc(/C=N\NC(=O)COc2cccc3cccnc23)ccc1OS(=O)(=O)c1ccc([N+](=O)[O-])cc1. The monoisotopic (exact) mass is 550 g/mol. The largest absolute Gasteiger partial charge is 0.490 e. The highest BCUT2D eigenvalue weighted by molar-refractivity contribution is 7.87. The zero-order valence-corrected chi connectivity index (χ0v) is 21.3. The second kappa shape index (κ2) is 12.0. The number of ether oxygens (including phenoxy) is 2. The first-order chi connectivity index (χ1) is 18.8. The lowest BCUT2D eigenvalue weighted by atomic mass is 10.2. The number of hydrogen-bond acceptors (Lipinski definition) is 10. The first kappa shape index (κ1) is 27.0. The maximum absolute atomic E-state index is 12.7. The molecule has 200 valence electrons. The van der Waals surface area contributed by atoms with Crippen molar-refractivity contribution < 1.29 is 31.8 Å². The van der Waals surface area contributed by atoms with Crippen molar-refractivity contribution in [1.82, 2.24) is 10.4 Å². The van der Waals surface area contributed by atoms with Crippen LogP contribution in [0, 0.1) is 10.1 Å². The molecule has 0 unspecified atom stereocenters. The molecule has 0 saturated heterocycles. The first-order valence-electron chi connectivity index (χ1n) is 11.5. The molecular formula is C26H22N4O8S. The minimum Gasteiger partial charge on any atom is -0.490 e. The van der Waals surface area contributed by atoms with E-state index in [1.807, 2.05) is 12.1 Å². The molecule has 0 saturated carbocycles. The van der Waals surface area contributed by atoms with Crippen LogP contribution in [0.15, 0.2) is 89.0 Å². The van der Waals surface area contributed by atoms with E-state index in [0.717, 1.165) is 29.7 Å². The maximum Gasteiger partial charge on any atom is 0.339 e. The smallest absolute Gasteiger partial charge is 0.339 e.